The van der Waals surface area contributed by atoms with E-state index in [2.05, 4.69) is 491 Å². The quantitative estimate of drug-likeness (QED) is 0.0917. The fourth-order valence-electron chi connectivity index (χ4n) is 16.2. The van der Waals surface area contributed by atoms with Gasteiger partial charge < -0.3 is 20.0 Å². The average Bonchev–Trinajstić information content (AvgIpc) is 0.738. The first-order valence-electron chi connectivity index (χ1n) is 39.7. The van der Waals surface area contributed by atoms with Crippen molar-refractivity contribution in [1.82, 2.24) is 0 Å². The zero-order valence-electron chi connectivity index (χ0n) is 64.4. The summed E-state index contributed by atoms with van der Waals surface area (Å²) < 4.78 is 1.10. The van der Waals surface area contributed by atoms with Gasteiger partial charge in [0.15, 0.2) is 0 Å². The molecule has 0 aliphatic heterocycles. The fourth-order valence-corrected chi connectivity index (χ4v) is 16.4. The van der Waals surface area contributed by atoms with E-state index in [1.54, 1.807) is 0 Å². The molecular weight excluding hydrogens is 1490 g/mol. The molecule has 564 valence electrons. The van der Waals surface area contributed by atoms with Crippen molar-refractivity contribution in [3.8, 4) is 66.8 Å². The van der Waals surface area contributed by atoms with Gasteiger partial charge in [-0.3, -0.25) is 0 Å². The van der Waals surface area contributed by atoms with Gasteiger partial charge in [0.05, 0.1) is 0 Å². The third kappa shape index (κ3) is 16.3. The Morgan fingerprint density at radius 3 is 0.559 bits per heavy atom. The summed E-state index contributed by atoms with van der Waals surface area (Å²) in [5.74, 6) is 0. The second-order valence-electron chi connectivity index (χ2n) is 28.9. The van der Waals surface area contributed by atoms with Gasteiger partial charge >= 0.3 is 0 Å². The summed E-state index contributed by atoms with van der Waals surface area (Å²) in [4.78, 5) is 6.87. The predicted molar refractivity (Wildman–Crippen MR) is 510 cm³/mol. The van der Waals surface area contributed by atoms with Crippen LogP contribution < -0.4 is 20.0 Å². The van der Waals surface area contributed by atoms with Crippen molar-refractivity contribution < 1.29 is 0 Å². The molecule has 4 nitrogen and oxygen atoms in total. The minimum atomic E-state index is 0. The molecule has 0 bridgehead atoms. The Morgan fingerprint density at radius 1 is 0.144 bits per heavy atom. The van der Waals surface area contributed by atoms with E-state index >= 15 is 0 Å². The molecule has 20 rings (SSSR count). The first-order chi connectivity index (χ1) is 58.0. The fraction of sp³-hybridized carbons (Fsp3) is 0.00885. The molecule has 0 aliphatic carbocycles. The summed E-state index contributed by atoms with van der Waals surface area (Å²) in [6, 6.07) is 172. The van der Waals surface area contributed by atoms with Gasteiger partial charge in [-0.25, -0.2) is 0 Å². The van der Waals surface area contributed by atoms with Crippen LogP contribution in [0.1, 0.15) is 7.43 Å². The summed E-state index contributed by atoms with van der Waals surface area (Å²) in [6.07, 6.45) is 0. The second kappa shape index (κ2) is 35.7. The van der Waals surface area contributed by atoms with Crippen molar-refractivity contribution in [3.05, 3.63) is 490 Å². The number of fused-ring (bicyclic) bond motifs is 4. The van der Waals surface area contributed by atoms with E-state index in [9.17, 15) is 0 Å². The molecule has 0 saturated heterocycles. The Labute approximate surface area is 700 Å². The lowest BCUT2D eigenvalue weighted by molar-refractivity contribution is 1.26. The van der Waals surface area contributed by atoms with E-state index < -0.39 is 0 Å². The van der Waals surface area contributed by atoms with Crippen LogP contribution in [0.3, 0.4) is 0 Å². The molecule has 5 heteroatoms. The van der Waals surface area contributed by atoms with E-state index in [1.807, 2.05) is 30.3 Å². The van der Waals surface area contributed by atoms with Crippen LogP contribution in [0.5, 0.6) is 0 Å². The van der Waals surface area contributed by atoms with Crippen LogP contribution in [-0.4, -0.2) is 0 Å². The minimum absolute atomic E-state index is 0. The zero-order chi connectivity index (χ0) is 78.5. The highest BCUT2D eigenvalue weighted by Gasteiger charge is 2.21. The number of benzene rings is 20. The van der Waals surface area contributed by atoms with Gasteiger partial charge in [-0.1, -0.05) is 363 Å². The van der Waals surface area contributed by atoms with Crippen molar-refractivity contribution in [3.63, 3.8) is 0 Å². The van der Waals surface area contributed by atoms with Gasteiger partial charge in [0.25, 0.3) is 0 Å². The molecule has 1 N–H and O–H groups in total. The maximum absolute atomic E-state index is 3.53. The zero-order valence-corrected chi connectivity index (χ0v) is 66.0. The highest BCUT2D eigenvalue weighted by molar-refractivity contribution is 9.10. The summed E-state index contributed by atoms with van der Waals surface area (Å²) in [5.41, 5.74) is 27.1. The molecule has 0 aromatic heterocycles. The van der Waals surface area contributed by atoms with Crippen molar-refractivity contribution in [2.75, 3.05) is 20.0 Å². The molecule has 0 amide bonds. The maximum atomic E-state index is 3.53. The highest BCUT2D eigenvalue weighted by Crippen LogP contribution is 2.48. The van der Waals surface area contributed by atoms with Gasteiger partial charge in [0.1, 0.15) is 0 Å². The van der Waals surface area contributed by atoms with Crippen LogP contribution >= 0.6 is 15.9 Å². The van der Waals surface area contributed by atoms with E-state index in [4.69, 9.17) is 0 Å². The van der Waals surface area contributed by atoms with Gasteiger partial charge in [0, 0.05) is 67.0 Å². The lowest BCUT2D eigenvalue weighted by Crippen LogP contribution is -2.12. The van der Waals surface area contributed by atoms with Crippen LogP contribution in [0.15, 0.2) is 490 Å². The van der Waals surface area contributed by atoms with Crippen LogP contribution in [0.2, 0.25) is 0 Å². The topological polar surface area (TPSA) is 21.8 Å². The number of rotatable bonds is 17. The lowest BCUT2D eigenvalue weighted by atomic mass is 9.86. The van der Waals surface area contributed by atoms with Crippen LogP contribution in [-0.2, 0) is 0 Å². The average molecular weight is 1580 g/mol. The molecule has 0 saturated carbocycles. The van der Waals surface area contributed by atoms with Gasteiger partial charge in [-0.15, -0.1) is 0 Å². The molecule has 0 fully saturated rings. The van der Waals surface area contributed by atoms with Gasteiger partial charge in [-0.2, -0.15) is 0 Å². The molecule has 20 aromatic rings. The predicted octanol–water partition coefficient (Wildman–Crippen LogP) is 33.2. The molecular formula is C113H85BrN4. The van der Waals surface area contributed by atoms with E-state index in [0.717, 1.165) is 67.0 Å². The lowest BCUT2D eigenvalue weighted by Gasteiger charge is -2.28. The standard InChI is InChI=1S/C56H40N2.C32H21Br.C24H20N2.CH4/c1-5-17-43(18-6-1)55-51-25-13-15-27-53(51)56(54-28-16-14-26-52(54)55)44-31-29-41(30-32-44)42-33-35-48(36-34-42)58(47-23-11-4-12-24-47)50-39-37-49(38-40-50)57(45-19-7-2-8-20-45)46-21-9-3-10-22-46;33-26-20-18-23(19-21-26)22-14-16-25(17-15-22)32-29-12-6-4-10-27(29)31(24-8-2-1-3-9-24)28-11-5-7-13-30(28)32;1-4-10-20(11-5-1)25-21-16-18-24(19-17-21)26(22-12-6-2-7-13-22)23-14-8-3-9-15-23;/h1-40H;1-21H;1-19,25H;1H4. The monoisotopic (exact) mass is 1580 g/mol. The smallest absolute Gasteiger partial charge is 0.0463 e. The molecule has 118 heavy (non-hydrogen) atoms. The molecule has 0 atom stereocenters. The summed E-state index contributed by atoms with van der Waals surface area (Å²) in [6.45, 7) is 0. The molecule has 0 unspecified atom stereocenters. The SMILES string of the molecule is Brc1ccc(-c2ccc(-c3c4ccccc4c(-c4ccccc4)c4ccccc34)cc2)cc1.C.c1ccc(-c2c3ccccc3c(-c3ccc(-c4ccc(N(c5ccccc5)c5ccc(N(c6ccccc6)c6ccccc6)cc5)cc4)cc3)c3ccccc23)cc1.c1ccc(Nc2ccc(N(c3ccccc3)c3ccccc3)cc2)cc1. The Hall–Kier alpha value is -14.9. The third-order valence-corrected chi connectivity index (χ3v) is 22.1. The molecule has 0 radical (unpaired) electrons. The van der Waals surface area contributed by atoms with Crippen molar-refractivity contribution >= 4 is 122 Å². The van der Waals surface area contributed by atoms with Crippen molar-refractivity contribution in [2.24, 2.45) is 0 Å². The third-order valence-electron chi connectivity index (χ3n) is 21.6. The van der Waals surface area contributed by atoms with E-state index in [1.165, 1.54) is 110 Å². The number of hydrogen-bond donors (Lipinski definition) is 1. The summed E-state index contributed by atoms with van der Waals surface area (Å²) in [5, 5.41) is 13.6. The highest BCUT2D eigenvalue weighted by atomic mass is 79.9. The van der Waals surface area contributed by atoms with Crippen LogP contribution in [0.25, 0.3) is 110 Å². The Kier molecular flexibility index (Phi) is 22.9. The Morgan fingerprint density at radius 2 is 0.305 bits per heavy atom. The minimum Gasteiger partial charge on any atom is -0.356 e. The number of para-hydroxylation sites is 6. The van der Waals surface area contributed by atoms with E-state index in [0.29, 0.717) is 0 Å². The van der Waals surface area contributed by atoms with Gasteiger partial charge in [-0.05, 0) is 255 Å². The normalized spacial score (nSPS) is 10.9. The molecule has 0 spiro atoms. The number of hydrogen-bond acceptors (Lipinski definition) is 4. The molecule has 0 aliphatic rings. The maximum Gasteiger partial charge on any atom is 0.0463 e. The molecule has 0 heterocycles. The van der Waals surface area contributed by atoms with Crippen LogP contribution in [0.4, 0.5) is 62.6 Å². The molecule has 20 aromatic carbocycles. The number of nitrogens with zero attached hydrogens (tertiary/aromatic N) is 3. The largest absolute Gasteiger partial charge is 0.356 e. The second-order valence-corrected chi connectivity index (χ2v) is 29.8. The first kappa shape index (κ1) is 75.8. The van der Waals surface area contributed by atoms with E-state index in [-0.39, 0.29) is 7.43 Å². The number of halogens is 1. The Bertz CT molecular complexity index is 6490. The number of nitrogens with one attached hydrogen (secondary N) is 1. The van der Waals surface area contributed by atoms with Crippen molar-refractivity contribution in [1.29, 1.82) is 0 Å². The first-order valence-corrected chi connectivity index (χ1v) is 40.5. The van der Waals surface area contributed by atoms with Gasteiger partial charge in [0.2, 0.25) is 0 Å². The van der Waals surface area contributed by atoms with Crippen molar-refractivity contribution in [2.45, 2.75) is 7.43 Å². The number of anilines is 11. The Balaban J connectivity index is 0.000000140. The van der Waals surface area contributed by atoms with Crippen LogP contribution in [0, 0.1) is 0 Å². The summed E-state index contributed by atoms with van der Waals surface area (Å²) in [7, 11) is 0. The summed E-state index contributed by atoms with van der Waals surface area (Å²) >= 11 is 3.53.